The van der Waals surface area contributed by atoms with Crippen molar-refractivity contribution < 1.29 is 14.7 Å². The number of pyridine rings is 1. The van der Waals surface area contributed by atoms with Crippen molar-refractivity contribution in [2.45, 2.75) is 6.92 Å². The summed E-state index contributed by atoms with van der Waals surface area (Å²) in [6, 6.07) is 6.61. The summed E-state index contributed by atoms with van der Waals surface area (Å²) in [7, 11) is 0. The minimum Gasteiger partial charge on any atom is -0.475 e. The third-order valence-corrected chi connectivity index (χ3v) is 2.42. The van der Waals surface area contributed by atoms with E-state index in [0.717, 1.165) is 16.5 Å². The van der Waals surface area contributed by atoms with Crippen LogP contribution in [0.2, 0.25) is 0 Å². The second kappa shape index (κ2) is 3.73. The van der Waals surface area contributed by atoms with Gasteiger partial charge in [0.05, 0.1) is 0 Å². The maximum Gasteiger partial charge on any atom is 0.377 e. The van der Waals surface area contributed by atoms with E-state index in [1.54, 1.807) is 18.3 Å². The van der Waals surface area contributed by atoms with E-state index in [1.165, 1.54) is 6.07 Å². The molecule has 4 heteroatoms. The Labute approximate surface area is 91.5 Å². The predicted molar refractivity (Wildman–Crippen MR) is 58.4 cm³/mol. The van der Waals surface area contributed by atoms with Gasteiger partial charge in [0, 0.05) is 22.8 Å². The van der Waals surface area contributed by atoms with Crippen LogP contribution in [0.3, 0.4) is 0 Å². The predicted octanol–water partition coefficient (Wildman–Crippen LogP) is 1.81. The fourth-order valence-corrected chi connectivity index (χ4v) is 1.58. The lowest BCUT2D eigenvalue weighted by atomic mass is 10.0. The van der Waals surface area contributed by atoms with Crippen LogP contribution in [-0.2, 0) is 4.79 Å². The van der Waals surface area contributed by atoms with Crippen LogP contribution in [-0.4, -0.2) is 21.8 Å². The van der Waals surface area contributed by atoms with Crippen LogP contribution in [0.4, 0.5) is 0 Å². The highest BCUT2D eigenvalue weighted by molar-refractivity contribution is 6.40. The summed E-state index contributed by atoms with van der Waals surface area (Å²) in [5.74, 6) is -2.34. The largest absolute Gasteiger partial charge is 0.475 e. The molecule has 0 unspecified atom stereocenters. The molecule has 0 amide bonds. The zero-order valence-electron chi connectivity index (χ0n) is 8.60. The molecule has 16 heavy (non-hydrogen) atoms. The number of hydrogen-bond acceptors (Lipinski definition) is 3. The molecule has 0 atom stereocenters. The number of aromatic nitrogens is 1. The monoisotopic (exact) mass is 215 g/mol. The molecule has 1 heterocycles. The van der Waals surface area contributed by atoms with E-state index < -0.39 is 11.8 Å². The van der Waals surface area contributed by atoms with Gasteiger partial charge < -0.3 is 5.11 Å². The van der Waals surface area contributed by atoms with Gasteiger partial charge in [0.2, 0.25) is 0 Å². The highest BCUT2D eigenvalue weighted by Gasteiger charge is 2.14. The van der Waals surface area contributed by atoms with Gasteiger partial charge in [-0.3, -0.25) is 9.78 Å². The van der Waals surface area contributed by atoms with Crippen LogP contribution in [0, 0.1) is 6.92 Å². The summed E-state index contributed by atoms with van der Waals surface area (Å²) in [5.41, 5.74) is 0.952. The molecule has 1 N–H and O–H groups in total. The maximum absolute atomic E-state index is 11.3. The first-order chi connectivity index (χ1) is 7.59. The maximum atomic E-state index is 11.3. The molecule has 0 spiro atoms. The van der Waals surface area contributed by atoms with Gasteiger partial charge in [0.15, 0.2) is 0 Å². The van der Waals surface area contributed by atoms with Gasteiger partial charge in [-0.1, -0.05) is 12.1 Å². The number of Topliss-reactive ketones (excluding diaryl/α,β-unsaturated/α-hetero) is 1. The van der Waals surface area contributed by atoms with Gasteiger partial charge in [0.25, 0.3) is 5.78 Å². The Hall–Kier alpha value is -2.23. The Morgan fingerprint density at radius 3 is 2.69 bits per heavy atom. The average molecular weight is 215 g/mol. The van der Waals surface area contributed by atoms with Crippen LogP contribution in [0.1, 0.15) is 16.1 Å². The molecule has 0 saturated heterocycles. The number of fused-ring (bicyclic) bond motifs is 1. The summed E-state index contributed by atoms with van der Waals surface area (Å²) < 4.78 is 0. The standard InChI is InChI=1S/C12H9NO3/c1-7-10-6-9(11(14)12(15)16)3-2-8(10)4-5-13-7/h2-6H,1H3,(H,15,16). The highest BCUT2D eigenvalue weighted by Crippen LogP contribution is 2.18. The molecule has 0 saturated carbocycles. The number of carbonyl (C=O) groups excluding carboxylic acids is 1. The van der Waals surface area contributed by atoms with E-state index in [2.05, 4.69) is 4.98 Å². The van der Waals surface area contributed by atoms with Crippen molar-refractivity contribution in [2.75, 3.05) is 0 Å². The third-order valence-electron chi connectivity index (χ3n) is 2.42. The van der Waals surface area contributed by atoms with Gasteiger partial charge in [0.1, 0.15) is 0 Å². The van der Waals surface area contributed by atoms with Crippen LogP contribution < -0.4 is 0 Å². The number of nitrogens with zero attached hydrogens (tertiary/aromatic N) is 1. The molecule has 0 aliphatic carbocycles. The molecular weight excluding hydrogens is 206 g/mol. The molecule has 1 aromatic heterocycles. The lowest BCUT2D eigenvalue weighted by Crippen LogP contribution is -2.12. The zero-order valence-corrected chi connectivity index (χ0v) is 8.60. The first kappa shape index (κ1) is 10.3. The zero-order chi connectivity index (χ0) is 11.7. The summed E-state index contributed by atoms with van der Waals surface area (Å²) in [5, 5.41) is 10.4. The van der Waals surface area contributed by atoms with Crippen molar-refractivity contribution in [1.29, 1.82) is 0 Å². The summed E-state index contributed by atoms with van der Waals surface area (Å²) in [6.45, 7) is 1.82. The Balaban J connectivity index is 2.64. The second-order valence-corrected chi connectivity index (χ2v) is 3.47. The Bertz CT molecular complexity index is 590. The fourth-order valence-electron chi connectivity index (χ4n) is 1.58. The smallest absolute Gasteiger partial charge is 0.377 e. The Morgan fingerprint density at radius 2 is 2.00 bits per heavy atom. The van der Waals surface area contributed by atoms with Gasteiger partial charge in [-0.05, 0) is 24.4 Å². The number of aryl methyl sites for hydroxylation is 1. The first-order valence-electron chi connectivity index (χ1n) is 4.72. The van der Waals surface area contributed by atoms with E-state index in [0.29, 0.717) is 0 Å². The lowest BCUT2D eigenvalue weighted by molar-refractivity contribution is -0.131. The van der Waals surface area contributed by atoms with Crippen molar-refractivity contribution in [3.63, 3.8) is 0 Å². The number of rotatable bonds is 2. The highest BCUT2D eigenvalue weighted by atomic mass is 16.4. The van der Waals surface area contributed by atoms with Crippen LogP contribution in [0.5, 0.6) is 0 Å². The lowest BCUT2D eigenvalue weighted by Gasteiger charge is -2.02. The normalized spacial score (nSPS) is 10.3. The topological polar surface area (TPSA) is 67.3 Å². The molecule has 0 aliphatic heterocycles. The Morgan fingerprint density at radius 1 is 1.25 bits per heavy atom. The molecule has 2 aromatic rings. The minimum atomic E-state index is -1.44. The number of aliphatic carboxylic acids is 1. The molecule has 2 rings (SSSR count). The summed E-state index contributed by atoms with van der Waals surface area (Å²) in [6.07, 6.45) is 1.68. The van der Waals surface area contributed by atoms with Crippen molar-refractivity contribution >= 4 is 22.5 Å². The number of carboxylic acids is 1. The average Bonchev–Trinajstić information content (AvgIpc) is 2.28. The van der Waals surface area contributed by atoms with Gasteiger partial charge in [-0.2, -0.15) is 0 Å². The van der Waals surface area contributed by atoms with Crippen molar-refractivity contribution in [1.82, 2.24) is 4.98 Å². The van der Waals surface area contributed by atoms with E-state index in [-0.39, 0.29) is 5.56 Å². The van der Waals surface area contributed by atoms with Crippen LogP contribution in [0.15, 0.2) is 30.5 Å². The quantitative estimate of drug-likeness (QED) is 0.612. The van der Waals surface area contributed by atoms with Gasteiger partial charge in [-0.25, -0.2) is 4.79 Å². The van der Waals surface area contributed by atoms with Crippen LogP contribution >= 0.6 is 0 Å². The molecule has 0 aliphatic rings. The number of benzene rings is 1. The Kier molecular flexibility index (Phi) is 2.40. The SMILES string of the molecule is Cc1nccc2ccc(C(=O)C(=O)O)cc12. The third kappa shape index (κ3) is 1.65. The van der Waals surface area contributed by atoms with Gasteiger partial charge >= 0.3 is 5.97 Å². The molecular formula is C12H9NO3. The van der Waals surface area contributed by atoms with Crippen molar-refractivity contribution in [3.8, 4) is 0 Å². The summed E-state index contributed by atoms with van der Waals surface area (Å²) in [4.78, 5) is 25.9. The molecule has 4 nitrogen and oxygen atoms in total. The number of carbonyl (C=O) groups is 2. The van der Waals surface area contributed by atoms with E-state index in [4.69, 9.17) is 5.11 Å². The fraction of sp³-hybridized carbons (Fsp3) is 0.0833. The van der Waals surface area contributed by atoms with E-state index >= 15 is 0 Å². The second-order valence-electron chi connectivity index (χ2n) is 3.47. The van der Waals surface area contributed by atoms with Gasteiger partial charge in [-0.15, -0.1) is 0 Å². The molecule has 0 radical (unpaired) electrons. The van der Waals surface area contributed by atoms with Crippen LogP contribution in [0.25, 0.3) is 10.8 Å². The van der Waals surface area contributed by atoms with Crippen molar-refractivity contribution in [2.24, 2.45) is 0 Å². The van der Waals surface area contributed by atoms with Crippen molar-refractivity contribution in [3.05, 3.63) is 41.7 Å². The first-order valence-corrected chi connectivity index (χ1v) is 4.72. The molecule has 80 valence electrons. The molecule has 1 aromatic carbocycles. The van der Waals surface area contributed by atoms with E-state index in [1.807, 2.05) is 13.0 Å². The minimum absolute atomic E-state index is 0.177. The summed E-state index contributed by atoms with van der Waals surface area (Å²) >= 11 is 0. The molecule has 0 bridgehead atoms. The number of carboxylic acid groups (broad SMARTS) is 1. The number of hydrogen-bond donors (Lipinski definition) is 1. The number of ketones is 1. The van der Waals surface area contributed by atoms with E-state index in [9.17, 15) is 9.59 Å². The molecule has 0 fully saturated rings.